The van der Waals surface area contributed by atoms with Gasteiger partial charge in [0.05, 0.1) is 18.0 Å². The van der Waals surface area contributed by atoms with E-state index in [4.69, 9.17) is 4.74 Å². The van der Waals surface area contributed by atoms with Crippen molar-refractivity contribution in [1.29, 1.82) is 0 Å². The average Bonchev–Trinajstić information content (AvgIpc) is 3.12. The van der Waals surface area contributed by atoms with Crippen LogP contribution in [0.5, 0.6) is 5.75 Å². The number of Topliss-reactive ketones (excluding diaryl/α,β-unsaturated/α-hetero) is 1. The number of ether oxygens (including phenoxy) is 1. The number of methoxy groups -OCH3 is 1. The van der Waals surface area contributed by atoms with E-state index in [-0.39, 0.29) is 10.7 Å². The van der Waals surface area contributed by atoms with Crippen LogP contribution in [-0.4, -0.2) is 38.2 Å². The smallest absolute Gasteiger partial charge is 0.243 e. The van der Waals surface area contributed by atoms with Gasteiger partial charge in [-0.1, -0.05) is 29.8 Å². The van der Waals surface area contributed by atoms with E-state index in [0.29, 0.717) is 30.7 Å². The highest BCUT2D eigenvalue weighted by Crippen LogP contribution is 2.29. The Bertz CT molecular complexity index is 857. The first-order chi connectivity index (χ1) is 11.9. The number of aryl methyl sites for hydroxylation is 1. The minimum absolute atomic E-state index is 0.144. The molecule has 1 heterocycles. The number of carbonyl (C=O) groups is 1. The number of ketones is 1. The van der Waals surface area contributed by atoms with Crippen molar-refractivity contribution in [1.82, 2.24) is 4.31 Å². The lowest BCUT2D eigenvalue weighted by Gasteiger charge is -2.23. The first kappa shape index (κ1) is 17.6. The van der Waals surface area contributed by atoms with Crippen LogP contribution in [-0.2, 0) is 10.0 Å². The molecule has 1 aliphatic heterocycles. The van der Waals surface area contributed by atoms with Gasteiger partial charge in [-0.15, -0.1) is 0 Å². The molecule has 0 aliphatic carbocycles. The SMILES string of the molecule is COc1ccc(S(=O)(=O)N2CCCC2C(=O)c2ccc(C)cc2)cc1. The van der Waals surface area contributed by atoms with Crippen LogP contribution >= 0.6 is 0 Å². The quantitative estimate of drug-likeness (QED) is 0.770. The van der Waals surface area contributed by atoms with E-state index in [2.05, 4.69) is 0 Å². The normalized spacial score (nSPS) is 18.2. The predicted octanol–water partition coefficient (Wildman–Crippen LogP) is 3.04. The lowest BCUT2D eigenvalue weighted by Crippen LogP contribution is -2.40. The molecule has 25 heavy (non-hydrogen) atoms. The number of hydrogen-bond donors (Lipinski definition) is 0. The summed E-state index contributed by atoms with van der Waals surface area (Å²) in [7, 11) is -2.19. The molecule has 1 fully saturated rings. The monoisotopic (exact) mass is 359 g/mol. The van der Waals surface area contributed by atoms with Gasteiger partial charge in [0.15, 0.2) is 5.78 Å². The molecule has 0 bridgehead atoms. The van der Waals surface area contributed by atoms with Crippen LogP contribution in [0.4, 0.5) is 0 Å². The zero-order valence-corrected chi connectivity index (χ0v) is 15.1. The van der Waals surface area contributed by atoms with Gasteiger partial charge in [-0.2, -0.15) is 4.31 Å². The summed E-state index contributed by atoms with van der Waals surface area (Å²) in [6.45, 7) is 2.31. The summed E-state index contributed by atoms with van der Waals surface area (Å²) in [6.07, 6.45) is 1.22. The zero-order valence-electron chi connectivity index (χ0n) is 14.3. The van der Waals surface area contributed by atoms with Crippen molar-refractivity contribution in [3.8, 4) is 5.75 Å². The fourth-order valence-electron chi connectivity index (χ4n) is 3.08. The first-order valence-corrected chi connectivity index (χ1v) is 9.64. The Labute approximate surface area is 148 Å². The van der Waals surface area contributed by atoms with Gasteiger partial charge < -0.3 is 4.74 Å². The van der Waals surface area contributed by atoms with Crippen LogP contribution in [0.2, 0.25) is 0 Å². The van der Waals surface area contributed by atoms with E-state index in [1.807, 2.05) is 19.1 Å². The fraction of sp³-hybridized carbons (Fsp3) is 0.316. The van der Waals surface area contributed by atoms with Crippen molar-refractivity contribution in [3.05, 3.63) is 59.7 Å². The van der Waals surface area contributed by atoms with Gasteiger partial charge >= 0.3 is 0 Å². The molecule has 0 saturated carbocycles. The second-order valence-electron chi connectivity index (χ2n) is 6.18. The number of sulfonamides is 1. The molecular formula is C19H21NO4S. The van der Waals surface area contributed by atoms with Crippen LogP contribution in [0.25, 0.3) is 0 Å². The molecule has 1 aliphatic rings. The highest BCUT2D eigenvalue weighted by Gasteiger charge is 2.39. The van der Waals surface area contributed by atoms with Gasteiger partial charge in [-0.3, -0.25) is 4.79 Å². The molecule has 0 aromatic heterocycles. The molecule has 0 amide bonds. The van der Waals surface area contributed by atoms with Crippen molar-refractivity contribution in [2.75, 3.05) is 13.7 Å². The highest BCUT2D eigenvalue weighted by molar-refractivity contribution is 7.89. The average molecular weight is 359 g/mol. The Morgan fingerprint density at radius 1 is 1.08 bits per heavy atom. The number of carbonyl (C=O) groups excluding carboxylic acids is 1. The van der Waals surface area contributed by atoms with E-state index >= 15 is 0 Å². The van der Waals surface area contributed by atoms with Gasteiger partial charge in [0.25, 0.3) is 0 Å². The molecule has 0 N–H and O–H groups in total. The van der Waals surface area contributed by atoms with Crippen LogP contribution in [0.15, 0.2) is 53.4 Å². The standard InChI is InChI=1S/C19H21NO4S/c1-14-5-7-15(8-6-14)19(21)18-4-3-13-20(18)25(22,23)17-11-9-16(24-2)10-12-17/h5-12,18H,3-4,13H2,1-2H3. The zero-order chi connectivity index (χ0) is 18.0. The molecule has 1 atom stereocenters. The summed E-state index contributed by atoms with van der Waals surface area (Å²) in [4.78, 5) is 13.0. The molecule has 0 spiro atoms. The summed E-state index contributed by atoms with van der Waals surface area (Å²) < 4.78 is 32.3. The van der Waals surface area contributed by atoms with E-state index < -0.39 is 16.1 Å². The Hall–Kier alpha value is -2.18. The molecule has 2 aromatic rings. The van der Waals surface area contributed by atoms with Crippen molar-refractivity contribution in [2.45, 2.75) is 30.7 Å². The van der Waals surface area contributed by atoms with E-state index in [1.54, 1.807) is 24.3 Å². The van der Waals surface area contributed by atoms with Gasteiger partial charge in [0.1, 0.15) is 5.75 Å². The van der Waals surface area contributed by atoms with Gasteiger partial charge in [0, 0.05) is 12.1 Å². The summed E-state index contributed by atoms with van der Waals surface area (Å²) in [5, 5.41) is 0. The lowest BCUT2D eigenvalue weighted by molar-refractivity contribution is 0.0918. The molecule has 3 rings (SSSR count). The molecule has 2 aromatic carbocycles. The maximum Gasteiger partial charge on any atom is 0.243 e. The number of benzene rings is 2. The molecule has 132 valence electrons. The van der Waals surface area contributed by atoms with Crippen LogP contribution in [0.3, 0.4) is 0 Å². The second kappa shape index (κ2) is 6.98. The fourth-order valence-corrected chi connectivity index (χ4v) is 4.74. The summed E-state index contributed by atoms with van der Waals surface area (Å²) >= 11 is 0. The van der Waals surface area contributed by atoms with Crippen LogP contribution in [0.1, 0.15) is 28.8 Å². The number of rotatable bonds is 5. The summed E-state index contributed by atoms with van der Waals surface area (Å²) in [5.74, 6) is 0.447. The van der Waals surface area contributed by atoms with Crippen molar-refractivity contribution in [2.24, 2.45) is 0 Å². The number of nitrogens with zero attached hydrogens (tertiary/aromatic N) is 1. The van der Waals surface area contributed by atoms with Gasteiger partial charge in [0.2, 0.25) is 10.0 Å². The maximum absolute atomic E-state index is 13.0. The van der Waals surface area contributed by atoms with Crippen LogP contribution < -0.4 is 4.74 Å². The van der Waals surface area contributed by atoms with Gasteiger partial charge in [-0.25, -0.2) is 8.42 Å². The molecular weight excluding hydrogens is 338 g/mol. The summed E-state index contributed by atoms with van der Waals surface area (Å²) in [6, 6.07) is 12.9. The topological polar surface area (TPSA) is 63.7 Å². The molecule has 1 unspecified atom stereocenters. The lowest BCUT2D eigenvalue weighted by atomic mass is 10.0. The van der Waals surface area contributed by atoms with Crippen LogP contribution in [0, 0.1) is 6.92 Å². The third kappa shape index (κ3) is 3.45. The third-order valence-electron chi connectivity index (χ3n) is 4.51. The Kier molecular flexibility index (Phi) is 4.92. The number of hydrogen-bond acceptors (Lipinski definition) is 4. The summed E-state index contributed by atoms with van der Waals surface area (Å²) in [5.41, 5.74) is 1.61. The molecule has 0 radical (unpaired) electrons. The molecule has 6 heteroatoms. The van der Waals surface area contributed by atoms with E-state index in [0.717, 1.165) is 5.56 Å². The molecule has 1 saturated heterocycles. The van der Waals surface area contributed by atoms with Crippen molar-refractivity contribution >= 4 is 15.8 Å². The Balaban J connectivity index is 1.89. The Morgan fingerprint density at radius 2 is 1.72 bits per heavy atom. The second-order valence-corrected chi connectivity index (χ2v) is 8.07. The van der Waals surface area contributed by atoms with E-state index in [1.165, 1.54) is 23.5 Å². The minimum Gasteiger partial charge on any atom is -0.497 e. The van der Waals surface area contributed by atoms with Crippen molar-refractivity contribution in [3.63, 3.8) is 0 Å². The minimum atomic E-state index is -3.72. The molecule has 5 nitrogen and oxygen atoms in total. The largest absolute Gasteiger partial charge is 0.497 e. The third-order valence-corrected chi connectivity index (χ3v) is 6.43. The first-order valence-electron chi connectivity index (χ1n) is 8.20. The Morgan fingerprint density at radius 3 is 2.32 bits per heavy atom. The maximum atomic E-state index is 13.0. The highest BCUT2D eigenvalue weighted by atomic mass is 32.2. The predicted molar refractivity (Wildman–Crippen MR) is 95.4 cm³/mol. The van der Waals surface area contributed by atoms with Crippen molar-refractivity contribution < 1.29 is 17.9 Å². The van der Waals surface area contributed by atoms with Gasteiger partial charge in [-0.05, 0) is 44.0 Å². The van der Waals surface area contributed by atoms with E-state index in [9.17, 15) is 13.2 Å².